The van der Waals surface area contributed by atoms with E-state index in [2.05, 4.69) is 46.5 Å². The molecular formula is C24H29ClN4O3S. The van der Waals surface area contributed by atoms with E-state index in [1.54, 1.807) is 19.2 Å². The Morgan fingerprint density at radius 3 is 2.61 bits per heavy atom. The minimum atomic E-state index is -0.312. The van der Waals surface area contributed by atoms with Crippen molar-refractivity contribution < 1.29 is 14.3 Å². The molecule has 2 amide bonds. The highest BCUT2D eigenvalue weighted by molar-refractivity contribution is 7.15. The van der Waals surface area contributed by atoms with E-state index in [1.807, 2.05) is 23.5 Å². The van der Waals surface area contributed by atoms with Gasteiger partial charge >= 0.3 is 6.03 Å². The SMILES string of the molecule is CC[C@@H](NC(=O)Nc1cc(Cl)c(OC)cc1OC)c1c(-n2cccc2)sc2c1CCN(C)C2. The van der Waals surface area contributed by atoms with Crippen LogP contribution in [0.1, 0.15) is 35.4 Å². The zero-order chi connectivity index (χ0) is 23.5. The summed E-state index contributed by atoms with van der Waals surface area (Å²) in [6.07, 6.45) is 5.85. The Morgan fingerprint density at radius 2 is 1.94 bits per heavy atom. The average molecular weight is 489 g/mol. The Hall–Kier alpha value is -2.68. The van der Waals surface area contributed by atoms with Crippen molar-refractivity contribution in [3.05, 3.63) is 57.7 Å². The molecule has 3 heterocycles. The number of anilines is 1. The number of hydrogen-bond donors (Lipinski definition) is 2. The quantitative estimate of drug-likeness (QED) is 0.462. The number of nitrogens with zero attached hydrogens (tertiary/aromatic N) is 2. The first-order valence-corrected chi connectivity index (χ1v) is 12.1. The number of methoxy groups -OCH3 is 2. The fraction of sp³-hybridized carbons (Fsp3) is 0.375. The fourth-order valence-corrected chi connectivity index (χ4v) is 5.91. The molecule has 9 heteroatoms. The van der Waals surface area contributed by atoms with Gasteiger partial charge in [-0.1, -0.05) is 18.5 Å². The molecule has 7 nitrogen and oxygen atoms in total. The molecule has 0 fully saturated rings. The van der Waals surface area contributed by atoms with Gasteiger partial charge in [-0.05, 0) is 43.7 Å². The lowest BCUT2D eigenvalue weighted by molar-refractivity contribution is 0.248. The number of rotatable bonds is 7. The molecule has 4 rings (SSSR count). The molecule has 0 unspecified atom stereocenters. The lowest BCUT2D eigenvalue weighted by Crippen LogP contribution is -2.34. The van der Waals surface area contributed by atoms with E-state index in [9.17, 15) is 4.79 Å². The van der Waals surface area contributed by atoms with Crippen molar-refractivity contribution in [2.24, 2.45) is 0 Å². The molecule has 2 aromatic heterocycles. The van der Waals surface area contributed by atoms with Crippen LogP contribution in [-0.4, -0.2) is 43.3 Å². The largest absolute Gasteiger partial charge is 0.495 e. The predicted octanol–water partition coefficient (Wildman–Crippen LogP) is 5.47. The van der Waals surface area contributed by atoms with E-state index < -0.39 is 0 Å². The summed E-state index contributed by atoms with van der Waals surface area (Å²) < 4.78 is 12.8. The fourth-order valence-electron chi connectivity index (χ4n) is 4.22. The molecule has 0 saturated heterocycles. The lowest BCUT2D eigenvalue weighted by Gasteiger charge is -2.25. The number of halogens is 1. The highest BCUT2D eigenvalue weighted by Gasteiger charge is 2.29. The van der Waals surface area contributed by atoms with Gasteiger partial charge in [0, 0.05) is 42.0 Å². The number of fused-ring (bicyclic) bond motifs is 1. The van der Waals surface area contributed by atoms with Crippen LogP contribution in [0.4, 0.5) is 10.5 Å². The standard InChI is InChI=1S/C24H29ClN4O3S/c1-5-17(26-24(30)27-18-12-16(25)19(31-3)13-20(18)32-4)22-15-8-11-28(2)14-21(15)33-23(22)29-9-6-7-10-29/h6-7,9-10,12-13,17H,5,8,11,14H2,1-4H3,(H2,26,27,30)/t17-/m1/s1. The maximum atomic E-state index is 13.1. The van der Waals surface area contributed by atoms with Gasteiger partial charge in [-0.25, -0.2) is 4.79 Å². The number of hydrogen-bond acceptors (Lipinski definition) is 5. The Labute approximate surface area is 203 Å². The smallest absolute Gasteiger partial charge is 0.319 e. The molecule has 0 spiro atoms. The lowest BCUT2D eigenvalue weighted by atomic mass is 9.96. The predicted molar refractivity (Wildman–Crippen MR) is 133 cm³/mol. The normalized spacial score (nSPS) is 14.5. The van der Waals surface area contributed by atoms with Crippen LogP contribution in [0, 0.1) is 0 Å². The Bertz CT molecular complexity index is 1130. The van der Waals surface area contributed by atoms with E-state index >= 15 is 0 Å². The van der Waals surface area contributed by atoms with Crippen molar-refractivity contribution in [2.75, 3.05) is 33.1 Å². The third-order valence-corrected chi connectivity index (χ3v) is 7.43. The summed E-state index contributed by atoms with van der Waals surface area (Å²) in [4.78, 5) is 16.8. The number of urea groups is 1. The molecule has 176 valence electrons. The molecular weight excluding hydrogens is 460 g/mol. The second-order valence-corrected chi connectivity index (χ2v) is 9.54. The molecule has 1 aliphatic rings. The van der Waals surface area contributed by atoms with Crippen LogP contribution < -0.4 is 20.1 Å². The van der Waals surface area contributed by atoms with E-state index in [1.165, 1.54) is 23.1 Å². The summed E-state index contributed by atoms with van der Waals surface area (Å²) >= 11 is 8.08. The van der Waals surface area contributed by atoms with Gasteiger partial charge < -0.3 is 29.6 Å². The van der Waals surface area contributed by atoms with Gasteiger partial charge in [0.2, 0.25) is 0 Å². The number of benzene rings is 1. The third-order valence-electron chi connectivity index (χ3n) is 5.89. The molecule has 2 N–H and O–H groups in total. The Kier molecular flexibility index (Phi) is 7.17. The van der Waals surface area contributed by atoms with Crippen LogP contribution in [0.15, 0.2) is 36.7 Å². The maximum absolute atomic E-state index is 13.1. The molecule has 1 aliphatic heterocycles. The second kappa shape index (κ2) is 10.1. The first kappa shape index (κ1) is 23.5. The molecule has 1 atom stereocenters. The van der Waals surface area contributed by atoms with Crippen molar-refractivity contribution in [1.29, 1.82) is 0 Å². The van der Waals surface area contributed by atoms with E-state index in [4.69, 9.17) is 21.1 Å². The number of ether oxygens (including phenoxy) is 2. The van der Waals surface area contributed by atoms with Crippen LogP contribution in [0.3, 0.4) is 0 Å². The zero-order valence-electron chi connectivity index (χ0n) is 19.3. The first-order chi connectivity index (χ1) is 15.9. The van der Waals surface area contributed by atoms with Crippen molar-refractivity contribution in [3.8, 4) is 16.5 Å². The number of thiophene rings is 1. The zero-order valence-corrected chi connectivity index (χ0v) is 20.8. The number of nitrogens with one attached hydrogen (secondary N) is 2. The maximum Gasteiger partial charge on any atom is 0.319 e. The van der Waals surface area contributed by atoms with Crippen molar-refractivity contribution >= 4 is 34.7 Å². The van der Waals surface area contributed by atoms with Crippen molar-refractivity contribution in [1.82, 2.24) is 14.8 Å². The van der Waals surface area contributed by atoms with E-state index in [0.717, 1.165) is 30.9 Å². The summed E-state index contributed by atoms with van der Waals surface area (Å²) in [5.41, 5.74) is 3.05. The summed E-state index contributed by atoms with van der Waals surface area (Å²) in [6, 6.07) is 6.89. The Balaban J connectivity index is 1.63. The summed E-state index contributed by atoms with van der Waals surface area (Å²) in [5.74, 6) is 0.959. The molecule has 0 saturated carbocycles. The Morgan fingerprint density at radius 1 is 1.21 bits per heavy atom. The minimum Gasteiger partial charge on any atom is -0.495 e. The highest BCUT2D eigenvalue weighted by Crippen LogP contribution is 2.40. The van der Waals surface area contributed by atoms with Gasteiger partial charge in [0.05, 0.1) is 31.0 Å². The molecule has 0 aliphatic carbocycles. The van der Waals surface area contributed by atoms with Gasteiger partial charge in [-0.15, -0.1) is 11.3 Å². The summed E-state index contributed by atoms with van der Waals surface area (Å²) in [6.45, 7) is 4.03. The molecule has 0 radical (unpaired) electrons. The van der Waals surface area contributed by atoms with Crippen LogP contribution >= 0.6 is 22.9 Å². The van der Waals surface area contributed by atoms with Crippen LogP contribution in [0.5, 0.6) is 11.5 Å². The summed E-state index contributed by atoms with van der Waals surface area (Å²) in [7, 11) is 5.22. The number of aromatic nitrogens is 1. The average Bonchev–Trinajstić information content (AvgIpc) is 3.45. The molecule has 0 bridgehead atoms. The third kappa shape index (κ3) is 4.83. The number of carbonyl (C=O) groups excluding carboxylic acids is 1. The van der Waals surface area contributed by atoms with Gasteiger partial charge in [0.25, 0.3) is 0 Å². The van der Waals surface area contributed by atoms with Gasteiger partial charge in [0.1, 0.15) is 16.5 Å². The molecule has 1 aromatic carbocycles. The topological polar surface area (TPSA) is 67.8 Å². The number of amides is 2. The van der Waals surface area contributed by atoms with Crippen LogP contribution in [0.25, 0.3) is 5.00 Å². The second-order valence-electron chi connectivity index (χ2n) is 8.05. The first-order valence-electron chi connectivity index (χ1n) is 10.9. The van der Waals surface area contributed by atoms with Gasteiger partial charge in [-0.3, -0.25) is 0 Å². The van der Waals surface area contributed by atoms with Gasteiger partial charge in [-0.2, -0.15) is 0 Å². The monoisotopic (exact) mass is 488 g/mol. The molecule has 3 aromatic rings. The highest BCUT2D eigenvalue weighted by atomic mass is 35.5. The van der Waals surface area contributed by atoms with Crippen LogP contribution in [-0.2, 0) is 13.0 Å². The summed E-state index contributed by atoms with van der Waals surface area (Å²) in [5, 5.41) is 7.63. The van der Waals surface area contributed by atoms with E-state index in [0.29, 0.717) is 22.2 Å². The van der Waals surface area contributed by atoms with Gasteiger partial charge in [0.15, 0.2) is 0 Å². The molecule has 33 heavy (non-hydrogen) atoms. The van der Waals surface area contributed by atoms with Crippen molar-refractivity contribution in [2.45, 2.75) is 32.4 Å². The van der Waals surface area contributed by atoms with Crippen molar-refractivity contribution in [3.63, 3.8) is 0 Å². The van der Waals surface area contributed by atoms with Crippen LogP contribution in [0.2, 0.25) is 5.02 Å². The number of carbonyl (C=O) groups is 1. The number of likely N-dealkylation sites (N-methyl/N-ethyl adjacent to an activating group) is 1. The van der Waals surface area contributed by atoms with E-state index in [-0.39, 0.29) is 12.1 Å². The minimum absolute atomic E-state index is 0.134.